The number of hydrogen-bond donors (Lipinski definition) is 1. The first-order valence-electron chi connectivity index (χ1n) is 12.1. The van der Waals surface area contributed by atoms with Crippen molar-refractivity contribution >= 4 is 29.1 Å². The lowest BCUT2D eigenvalue weighted by atomic mass is 10.0. The van der Waals surface area contributed by atoms with Gasteiger partial charge in [-0.25, -0.2) is 9.18 Å². The molecule has 2 aliphatic heterocycles. The molecular formula is C24H25FN8O5. The fourth-order valence-corrected chi connectivity index (χ4v) is 4.58. The quantitative estimate of drug-likeness (QED) is 0.364. The second-order valence-electron chi connectivity index (χ2n) is 9.14. The molecule has 2 saturated heterocycles. The SMILES string of the molecule is CC(=O)NC[C@H]1CN(c2ccc(N3CCC(n4nnc(-c5ccc([N+](=O)[O-])cc5)n4)CC3)c(F)c2)C(=O)O1. The summed E-state index contributed by atoms with van der Waals surface area (Å²) in [6.07, 6.45) is 0.252. The van der Waals surface area contributed by atoms with Crippen molar-refractivity contribution in [2.75, 3.05) is 36.0 Å². The van der Waals surface area contributed by atoms with E-state index in [-0.39, 0.29) is 30.7 Å². The predicted molar refractivity (Wildman–Crippen MR) is 133 cm³/mol. The monoisotopic (exact) mass is 524 g/mol. The Labute approximate surface area is 216 Å². The van der Waals surface area contributed by atoms with Crippen molar-refractivity contribution in [3.05, 3.63) is 58.4 Å². The van der Waals surface area contributed by atoms with Gasteiger partial charge in [-0.3, -0.25) is 19.8 Å². The molecule has 3 aromatic rings. The fraction of sp³-hybridized carbons (Fsp3) is 0.375. The Morgan fingerprint density at radius 3 is 2.61 bits per heavy atom. The molecule has 38 heavy (non-hydrogen) atoms. The molecule has 0 bridgehead atoms. The molecule has 3 heterocycles. The van der Waals surface area contributed by atoms with E-state index in [0.29, 0.717) is 48.7 Å². The third kappa shape index (κ3) is 5.23. The average Bonchev–Trinajstić information content (AvgIpc) is 3.55. The number of non-ortho nitro benzene ring substituents is 1. The first-order chi connectivity index (χ1) is 18.3. The lowest BCUT2D eigenvalue weighted by Crippen LogP contribution is -2.36. The molecule has 198 valence electrons. The van der Waals surface area contributed by atoms with Crippen LogP contribution in [0.4, 0.5) is 26.2 Å². The molecule has 0 aliphatic carbocycles. The molecular weight excluding hydrogens is 499 g/mol. The van der Waals surface area contributed by atoms with Gasteiger partial charge in [0.1, 0.15) is 11.9 Å². The van der Waals surface area contributed by atoms with Crippen LogP contribution in [-0.2, 0) is 9.53 Å². The predicted octanol–water partition coefficient (Wildman–Crippen LogP) is 2.69. The number of benzene rings is 2. The molecule has 2 aromatic carbocycles. The normalized spacial score (nSPS) is 17.9. The van der Waals surface area contributed by atoms with Crippen LogP contribution < -0.4 is 15.1 Å². The van der Waals surface area contributed by atoms with Gasteiger partial charge >= 0.3 is 6.09 Å². The third-order valence-corrected chi connectivity index (χ3v) is 6.59. The van der Waals surface area contributed by atoms with Crippen LogP contribution in [0.5, 0.6) is 0 Å². The number of rotatable bonds is 7. The van der Waals surface area contributed by atoms with E-state index >= 15 is 4.39 Å². The molecule has 13 nitrogen and oxygen atoms in total. The number of anilines is 2. The van der Waals surface area contributed by atoms with Gasteiger partial charge in [0, 0.05) is 37.7 Å². The number of ether oxygens (including phenoxy) is 1. The zero-order chi connectivity index (χ0) is 26.8. The van der Waals surface area contributed by atoms with Crippen molar-refractivity contribution < 1.29 is 23.6 Å². The van der Waals surface area contributed by atoms with Gasteiger partial charge in [-0.1, -0.05) is 0 Å². The number of aromatic nitrogens is 4. The van der Waals surface area contributed by atoms with Crippen LogP contribution in [0.1, 0.15) is 25.8 Å². The molecule has 0 unspecified atom stereocenters. The molecule has 2 amide bonds. The summed E-state index contributed by atoms with van der Waals surface area (Å²) in [6.45, 7) is 2.94. The summed E-state index contributed by atoms with van der Waals surface area (Å²) < 4.78 is 20.4. The van der Waals surface area contributed by atoms with E-state index in [1.807, 2.05) is 4.90 Å². The van der Waals surface area contributed by atoms with Gasteiger partial charge in [0.15, 0.2) is 0 Å². The Hall–Kier alpha value is -4.62. The number of halogens is 1. The average molecular weight is 525 g/mol. The van der Waals surface area contributed by atoms with Gasteiger partial charge in [-0.2, -0.15) is 4.80 Å². The molecule has 1 aromatic heterocycles. The van der Waals surface area contributed by atoms with Gasteiger partial charge in [0.05, 0.1) is 35.4 Å². The maximum Gasteiger partial charge on any atom is 0.414 e. The number of nitro benzene ring substituents is 1. The van der Waals surface area contributed by atoms with Gasteiger partial charge in [0.25, 0.3) is 5.69 Å². The summed E-state index contributed by atoms with van der Waals surface area (Å²) in [5.41, 5.74) is 1.44. The van der Waals surface area contributed by atoms with E-state index in [1.54, 1.807) is 29.1 Å². The first kappa shape index (κ1) is 25.0. The van der Waals surface area contributed by atoms with E-state index in [2.05, 4.69) is 20.7 Å². The maximum atomic E-state index is 15.1. The molecule has 1 atom stereocenters. The van der Waals surface area contributed by atoms with Gasteiger partial charge in [-0.05, 0) is 48.4 Å². The van der Waals surface area contributed by atoms with Crippen LogP contribution in [0.25, 0.3) is 11.4 Å². The Morgan fingerprint density at radius 2 is 1.95 bits per heavy atom. The molecule has 0 saturated carbocycles. The fourth-order valence-electron chi connectivity index (χ4n) is 4.58. The Bertz CT molecular complexity index is 1360. The highest BCUT2D eigenvalue weighted by Gasteiger charge is 2.33. The van der Waals surface area contributed by atoms with Gasteiger partial charge in [-0.15, -0.1) is 10.2 Å². The Balaban J connectivity index is 1.19. The first-order valence-corrected chi connectivity index (χ1v) is 12.1. The Morgan fingerprint density at radius 1 is 1.21 bits per heavy atom. The van der Waals surface area contributed by atoms with Gasteiger partial charge in [0.2, 0.25) is 11.7 Å². The van der Waals surface area contributed by atoms with E-state index in [4.69, 9.17) is 4.74 Å². The molecule has 5 rings (SSSR count). The molecule has 0 radical (unpaired) electrons. The van der Waals surface area contributed by atoms with Crippen LogP contribution in [0, 0.1) is 15.9 Å². The number of carbonyl (C=O) groups excluding carboxylic acids is 2. The van der Waals surface area contributed by atoms with Crippen LogP contribution in [0.2, 0.25) is 0 Å². The van der Waals surface area contributed by atoms with E-state index in [0.717, 1.165) is 0 Å². The number of nitro groups is 1. The Kier molecular flexibility index (Phi) is 6.85. The molecule has 2 aliphatic rings. The second kappa shape index (κ2) is 10.4. The van der Waals surface area contributed by atoms with Crippen molar-refractivity contribution in [3.8, 4) is 11.4 Å². The number of nitrogens with one attached hydrogen (secondary N) is 1. The number of piperidine rings is 1. The summed E-state index contributed by atoms with van der Waals surface area (Å²) >= 11 is 0. The van der Waals surface area contributed by atoms with Crippen LogP contribution in [0.3, 0.4) is 0 Å². The van der Waals surface area contributed by atoms with Gasteiger partial charge < -0.3 is 15.0 Å². The summed E-state index contributed by atoms with van der Waals surface area (Å²) in [7, 11) is 0. The molecule has 1 N–H and O–H groups in total. The minimum Gasteiger partial charge on any atom is -0.442 e. The maximum absolute atomic E-state index is 15.1. The minimum absolute atomic E-state index is 0.0136. The summed E-state index contributed by atoms with van der Waals surface area (Å²) in [5.74, 6) is -0.287. The number of hydrogen-bond acceptors (Lipinski definition) is 9. The lowest BCUT2D eigenvalue weighted by molar-refractivity contribution is -0.384. The largest absolute Gasteiger partial charge is 0.442 e. The van der Waals surface area contributed by atoms with Crippen molar-refractivity contribution in [3.63, 3.8) is 0 Å². The van der Waals surface area contributed by atoms with Crippen LogP contribution in [-0.4, -0.2) is 69.4 Å². The number of amides is 2. The van der Waals surface area contributed by atoms with Crippen molar-refractivity contribution in [2.24, 2.45) is 0 Å². The van der Waals surface area contributed by atoms with E-state index in [1.165, 1.54) is 30.0 Å². The summed E-state index contributed by atoms with van der Waals surface area (Å²) in [5, 5.41) is 26.1. The standard InChI is InChI=1S/C24H25FN8O5/c1-15(34)26-13-20-14-31(24(35)38-20)19-6-7-22(21(25)12-19)30-10-8-17(9-11-30)32-28-23(27-29-32)16-2-4-18(5-3-16)33(36)37/h2-7,12,17,20H,8-11,13-14H2,1H3,(H,26,34)/t20-/m0/s1. The number of nitrogens with zero attached hydrogens (tertiary/aromatic N) is 7. The molecule has 0 spiro atoms. The highest BCUT2D eigenvalue weighted by molar-refractivity contribution is 5.90. The lowest BCUT2D eigenvalue weighted by Gasteiger charge is -2.33. The number of cyclic esters (lactones) is 1. The highest BCUT2D eigenvalue weighted by atomic mass is 19.1. The molecule has 14 heteroatoms. The highest BCUT2D eigenvalue weighted by Crippen LogP contribution is 2.31. The minimum atomic E-state index is -0.582. The van der Waals surface area contributed by atoms with Crippen LogP contribution >= 0.6 is 0 Å². The summed E-state index contributed by atoms with van der Waals surface area (Å²) in [6, 6.07) is 10.6. The topological polar surface area (TPSA) is 149 Å². The second-order valence-corrected chi connectivity index (χ2v) is 9.14. The third-order valence-electron chi connectivity index (χ3n) is 6.59. The summed E-state index contributed by atoms with van der Waals surface area (Å²) in [4.78, 5) is 38.6. The smallest absolute Gasteiger partial charge is 0.414 e. The van der Waals surface area contributed by atoms with Crippen molar-refractivity contribution in [1.82, 2.24) is 25.5 Å². The molecule has 2 fully saturated rings. The zero-order valence-electron chi connectivity index (χ0n) is 20.5. The van der Waals surface area contributed by atoms with Crippen LogP contribution in [0.15, 0.2) is 42.5 Å². The van der Waals surface area contributed by atoms with Crippen molar-refractivity contribution in [1.29, 1.82) is 0 Å². The number of tetrazole rings is 1. The zero-order valence-corrected chi connectivity index (χ0v) is 20.5. The van der Waals surface area contributed by atoms with E-state index < -0.39 is 22.9 Å². The number of carbonyl (C=O) groups is 2. The van der Waals surface area contributed by atoms with E-state index in [9.17, 15) is 19.7 Å². The van der Waals surface area contributed by atoms with Crippen molar-refractivity contribution in [2.45, 2.75) is 31.9 Å².